The topological polar surface area (TPSA) is 116 Å². The van der Waals surface area contributed by atoms with Crippen LogP contribution in [0.3, 0.4) is 0 Å². The van der Waals surface area contributed by atoms with Gasteiger partial charge in [-0.2, -0.15) is 0 Å². The number of carboxylic acid groups (broad SMARTS) is 1. The molecule has 1 aromatic rings. The molecule has 0 saturated heterocycles. The molecule has 1 aromatic carbocycles. The summed E-state index contributed by atoms with van der Waals surface area (Å²) in [5.74, 6) is -2.47. The van der Waals surface area contributed by atoms with Crippen LogP contribution in [-0.4, -0.2) is 46.2 Å². The van der Waals surface area contributed by atoms with E-state index in [0.717, 1.165) is 5.56 Å². The van der Waals surface area contributed by atoms with Crippen molar-refractivity contribution in [3.63, 3.8) is 0 Å². The van der Waals surface area contributed by atoms with Crippen LogP contribution in [0.15, 0.2) is 24.3 Å². The minimum absolute atomic E-state index is 0.0327. The zero-order chi connectivity index (χ0) is 19.4. The summed E-state index contributed by atoms with van der Waals surface area (Å²) in [5.41, 5.74) is 1.45. The van der Waals surface area contributed by atoms with Crippen molar-refractivity contribution >= 4 is 17.8 Å². The van der Waals surface area contributed by atoms with Crippen molar-refractivity contribution in [3.8, 4) is 0 Å². The maximum atomic E-state index is 12.2. The fourth-order valence-electron chi connectivity index (χ4n) is 2.13. The number of carboxylic acids is 1. The van der Waals surface area contributed by atoms with E-state index in [1.54, 1.807) is 12.1 Å². The van der Waals surface area contributed by atoms with Gasteiger partial charge < -0.3 is 20.8 Å². The Labute approximate surface area is 147 Å². The third-order valence-electron chi connectivity index (χ3n) is 3.80. The summed E-state index contributed by atoms with van der Waals surface area (Å²) in [6.45, 7) is 8.90. The van der Waals surface area contributed by atoms with Gasteiger partial charge in [0.1, 0.15) is 6.04 Å². The van der Waals surface area contributed by atoms with Crippen molar-refractivity contribution in [1.82, 2.24) is 10.6 Å². The molecule has 0 spiro atoms. The highest BCUT2D eigenvalue weighted by molar-refractivity contribution is 5.98. The first-order valence-corrected chi connectivity index (χ1v) is 8.06. The monoisotopic (exact) mass is 350 g/mol. The van der Waals surface area contributed by atoms with Crippen molar-refractivity contribution in [1.29, 1.82) is 0 Å². The van der Waals surface area contributed by atoms with E-state index in [-0.39, 0.29) is 5.41 Å². The molecule has 0 fully saturated rings. The van der Waals surface area contributed by atoms with Gasteiger partial charge in [-0.05, 0) is 37.0 Å². The molecule has 7 heteroatoms. The number of rotatable bonds is 6. The maximum absolute atomic E-state index is 12.2. The quantitative estimate of drug-likeness (QED) is 0.612. The van der Waals surface area contributed by atoms with Gasteiger partial charge in [-0.1, -0.05) is 32.9 Å². The Morgan fingerprint density at radius 1 is 1.00 bits per heavy atom. The van der Waals surface area contributed by atoms with E-state index in [9.17, 15) is 19.5 Å². The highest BCUT2D eigenvalue weighted by Gasteiger charge is 2.27. The standard InChI is InChI=1S/C18H26N2O5/c1-10(15(22)20-14(11(2)21)17(24)25)19-16(23)12-6-8-13(9-7-12)18(3,4)5/h6-11,14,21H,1-5H3,(H,19,23)(H,20,22)(H,24,25)/t10-,11+,14-/m0/s1. The molecule has 4 N–H and O–H groups in total. The smallest absolute Gasteiger partial charge is 0.328 e. The highest BCUT2D eigenvalue weighted by Crippen LogP contribution is 2.22. The number of nitrogens with one attached hydrogen (secondary N) is 2. The molecule has 0 aromatic heterocycles. The van der Waals surface area contributed by atoms with E-state index < -0.39 is 36.0 Å². The minimum atomic E-state index is -1.43. The van der Waals surface area contributed by atoms with Crippen LogP contribution >= 0.6 is 0 Å². The molecule has 3 atom stereocenters. The van der Waals surface area contributed by atoms with Gasteiger partial charge in [0, 0.05) is 5.56 Å². The predicted octanol–water partition coefficient (Wildman–Crippen LogP) is 1.05. The van der Waals surface area contributed by atoms with E-state index in [2.05, 4.69) is 31.4 Å². The average Bonchev–Trinajstić information content (AvgIpc) is 2.50. The largest absolute Gasteiger partial charge is 0.480 e. The SMILES string of the molecule is C[C@H](NC(=O)c1ccc(C(C)(C)C)cc1)C(=O)N[C@H](C(=O)O)[C@@H](C)O. The van der Waals surface area contributed by atoms with Gasteiger partial charge in [0.05, 0.1) is 6.10 Å². The Bertz CT molecular complexity index is 632. The molecule has 0 heterocycles. The summed E-state index contributed by atoms with van der Waals surface area (Å²) in [7, 11) is 0. The fourth-order valence-corrected chi connectivity index (χ4v) is 2.13. The summed E-state index contributed by atoms with van der Waals surface area (Å²) in [6, 6.07) is 4.68. The molecule has 0 aliphatic heterocycles. The summed E-state index contributed by atoms with van der Waals surface area (Å²) in [6.07, 6.45) is -1.26. The third kappa shape index (κ3) is 5.86. The molecular formula is C18H26N2O5. The van der Waals surface area contributed by atoms with Gasteiger partial charge in [0.15, 0.2) is 6.04 Å². The number of benzene rings is 1. The fraction of sp³-hybridized carbons (Fsp3) is 0.500. The van der Waals surface area contributed by atoms with E-state index in [0.29, 0.717) is 5.56 Å². The molecular weight excluding hydrogens is 324 g/mol. The van der Waals surface area contributed by atoms with Crippen molar-refractivity contribution < 1.29 is 24.6 Å². The molecule has 1 rings (SSSR count). The van der Waals surface area contributed by atoms with Crippen LogP contribution in [0.5, 0.6) is 0 Å². The number of aliphatic carboxylic acids is 1. The molecule has 138 valence electrons. The van der Waals surface area contributed by atoms with Crippen molar-refractivity contribution in [2.24, 2.45) is 0 Å². The van der Waals surface area contributed by atoms with Crippen LogP contribution in [0.4, 0.5) is 0 Å². The second kappa shape index (κ2) is 8.11. The highest BCUT2D eigenvalue weighted by atomic mass is 16.4. The van der Waals surface area contributed by atoms with Gasteiger partial charge in [0.25, 0.3) is 5.91 Å². The lowest BCUT2D eigenvalue weighted by Crippen LogP contribution is -2.53. The van der Waals surface area contributed by atoms with Gasteiger partial charge in [0.2, 0.25) is 5.91 Å². The molecule has 0 aliphatic rings. The van der Waals surface area contributed by atoms with Gasteiger partial charge in [-0.3, -0.25) is 9.59 Å². The molecule has 0 bridgehead atoms. The van der Waals surface area contributed by atoms with Crippen LogP contribution in [-0.2, 0) is 15.0 Å². The number of aliphatic hydroxyl groups excluding tert-OH is 1. The second-order valence-electron chi connectivity index (χ2n) is 7.09. The summed E-state index contributed by atoms with van der Waals surface area (Å²) < 4.78 is 0. The molecule has 7 nitrogen and oxygen atoms in total. The van der Waals surface area contributed by atoms with Crippen LogP contribution in [0.2, 0.25) is 0 Å². The third-order valence-corrected chi connectivity index (χ3v) is 3.80. The molecule has 0 saturated carbocycles. The Balaban J connectivity index is 2.72. The number of amides is 2. The van der Waals surface area contributed by atoms with Crippen molar-refractivity contribution in [3.05, 3.63) is 35.4 Å². The minimum Gasteiger partial charge on any atom is -0.480 e. The summed E-state index contributed by atoms with van der Waals surface area (Å²) in [4.78, 5) is 35.2. The van der Waals surface area contributed by atoms with E-state index >= 15 is 0 Å². The summed E-state index contributed by atoms with van der Waals surface area (Å²) >= 11 is 0. The predicted molar refractivity (Wildman–Crippen MR) is 93.3 cm³/mol. The lowest BCUT2D eigenvalue weighted by atomic mass is 9.86. The van der Waals surface area contributed by atoms with Crippen molar-refractivity contribution in [2.75, 3.05) is 0 Å². The first-order chi connectivity index (χ1) is 11.4. The molecule has 0 unspecified atom stereocenters. The van der Waals surface area contributed by atoms with Crippen LogP contribution in [0.1, 0.15) is 50.5 Å². The lowest BCUT2D eigenvalue weighted by molar-refractivity contribution is -0.145. The van der Waals surface area contributed by atoms with Gasteiger partial charge in [-0.25, -0.2) is 4.79 Å². The van der Waals surface area contributed by atoms with E-state index in [4.69, 9.17) is 5.11 Å². The lowest BCUT2D eigenvalue weighted by Gasteiger charge is -2.21. The first kappa shape index (κ1) is 20.6. The Kier molecular flexibility index (Phi) is 6.70. The average molecular weight is 350 g/mol. The number of carbonyl (C=O) groups is 3. The Morgan fingerprint density at radius 2 is 1.52 bits per heavy atom. The summed E-state index contributed by atoms with van der Waals surface area (Å²) in [5, 5.41) is 23.1. The zero-order valence-electron chi connectivity index (χ0n) is 15.2. The number of carbonyl (C=O) groups excluding carboxylic acids is 2. The second-order valence-corrected chi connectivity index (χ2v) is 7.09. The van der Waals surface area contributed by atoms with Crippen LogP contribution in [0.25, 0.3) is 0 Å². The van der Waals surface area contributed by atoms with E-state index in [1.165, 1.54) is 13.8 Å². The molecule has 0 aliphatic carbocycles. The number of hydrogen-bond donors (Lipinski definition) is 4. The number of hydrogen-bond acceptors (Lipinski definition) is 4. The van der Waals surface area contributed by atoms with Gasteiger partial charge >= 0.3 is 5.97 Å². The number of aliphatic hydroxyl groups is 1. The van der Waals surface area contributed by atoms with Gasteiger partial charge in [-0.15, -0.1) is 0 Å². The Hall–Kier alpha value is -2.41. The maximum Gasteiger partial charge on any atom is 0.328 e. The molecule has 0 radical (unpaired) electrons. The molecule has 25 heavy (non-hydrogen) atoms. The normalized spacial score (nSPS) is 15.0. The molecule has 2 amide bonds. The van der Waals surface area contributed by atoms with Crippen LogP contribution in [0, 0.1) is 0 Å². The Morgan fingerprint density at radius 3 is 1.92 bits per heavy atom. The zero-order valence-corrected chi connectivity index (χ0v) is 15.2. The van der Waals surface area contributed by atoms with Crippen LogP contribution < -0.4 is 10.6 Å². The van der Waals surface area contributed by atoms with E-state index in [1.807, 2.05) is 12.1 Å². The first-order valence-electron chi connectivity index (χ1n) is 8.06. The van der Waals surface area contributed by atoms with Crippen molar-refractivity contribution in [2.45, 2.75) is 58.2 Å².